The first-order valence-corrected chi connectivity index (χ1v) is 6.24. The number of aromatic nitrogens is 2. The van der Waals surface area contributed by atoms with E-state index in [1.54, 1.807) is 17.0 Å². The Labute approximate surface area is 111 Å². The number of hydrogen-bond acceptors (Lipinski definition) is 4. The molecular weight excluding hydrogens is 242 g/mol. The number of aryl methyl sites for hydroxylation is 1. The Kier molecular flexibility index (Phi) is 4.18. The number of ether oxygens (including phenoxy) is 1. The highest BCUT2D eigenvalue weighted by atomic mass is 16.5. The molecular formula is C14H17N3O2. The maximum absolute atomic E-state index is 11.9. The van der Waals surface area contributed by atoms with E-state index in [0.717, 1.165) is 11.3 Å². The van der Waals surface area contributed by atoms with Gasteiger partial charge in [-0.1, -0.05) is 18.2 Å². The zero-order valence-electron chi connectivity index (χ0n) is 10.9. The van der Waals surface area contributed by atoms with Crippen molar-refractivity contribution in [1.82, 2.24) is 9.55 Å². The van der Waals surface area contributed by atoms with Crippen molar-refractivity contribution in [2.45, 2.75) is 19.9 Å². The van der Waals surface area contributed by atoms with Gasteiger partial charge in [0.15, 0.2) is 0 Å². The molecule has 2 rings (SSSR count). The molecule has 5 nitrogen and oxygen atoms in total. The molecule has 0 amide bonds. The lowest BCUT2D eigenvalue weighted by atomic mass is 10.1. The summed E-state index contributed by atoms with van der Waals surface area (Å²) in [5, 5.41) is 0. The summed E-state index contributed by atoms with van der Waals surface area (Å²) in [5.41, 5.74) is 7.38. The van der Waals surface area contributed by atoms with E-state index in [9.17, 15) is 4.79 Å². The summed E-state index contributed by atoms with van der Waals surface area (Å²) in [4.78, 5) is 15.8. The van der Waals surface area contributed by atoms with Gasteiger partial charge in [-0.25, -0.2) is 4.98 Å². The molecule has 0 spiro atoms. The molecule has 0 aliphatic carbocycles. The fourth-order valence-corrected chi connectivity index (χ4v) is 1.79. The molecule has 0 aliphatic rings. The van der Waals surface area contributed by atoms with Crippen LogP contribution >= 0.6 is 0 Å². The minimum absolute atomic E-state index is 0.138. The molecule has 0 saturated carbocycles. The van der Waals surface area contributed by atoms with Crippen molar-refractivity contribution in [3.8, 4) is 5.88 Å². The van der Waals surface area contributed by atoms with Gasteiger partial charge in [0.1, 0.15) is 0 Å². The molecule has 0 radical (unpaired) electrons. The molecule has 100 valence electrons. The third kappa shape index (κ3) is 3.13. The van der Waals surface area contributed by atoms with Crippen LogP contribution < -0.4 is 16.0 Å². The highest BCUT2D eigenvalue weighted by Gasteiger charge is 2.05. The van der Waals surface area contributed by atoms with Gasteiger partial charge in [-0.3, -0.25) is 4.79 Å². The highest BCUT2D eigenvalue weighted by Crippen LogP contribution is 2.11. The molecule has 1 heterocycles. The van der Waals surface area contributed by atoms with Crippen molar-refractivity contribution >= 4 is 5.69 Å². The summed E-state index contributed by atoms with van der Waals surface area (Å²) in [6, 6.07) is 7.61. The largest absolute Gasteiger partial charge is 0.473 e. The highest BCUT2D eigenvalue weighted by molar-refractivity contribution is 5.46. The van der Waals surface area contributed by atoms with Gasteiger partial charge in [0, 0.05) is 31.0 Å². The number of rotatable bonds is 5. The van der Waals surface area contributed by atoms with E-state index in [0.29, 0.717) is 19.6 Å². The third-order valence-corrected chi connectivity index (χ3v) is 2.89. The second kappa shape index (κ2) is 6.04. The van der Waals surface area contributed by atoms with Gasteiger partial charge in [-0.15, -0.1) is 0 Å². The van der Waals surface area contributed by atoms with Crippen LogP contribution in [0.3, 0.4) is 0 Å². The number of hydrogen-bond donors (Lipinski definition) is 1. The van der Waals surface area contributed by atoms with Gasteiger partial charge in [0.05, 0.1) is 6.61 Å². The van der Waals surface area contributed by atoms with Crippen LogP contribution in [0.5, 0.6) is 5.88 Å². The summed E-state index contributed by atoms with van der Waals surface area (Å²) in [7, 11) is 0. The fourth-order valence-electron chi connectivity index (χ4n) is 1.79. The third-order valence-electron chi connectivity index (χ3n) is 2.89. The molecule has 1 aromatic heterocycles. The van der Waals surface area contributed by atoms with Crippen molar-refractivity contribution in [1.29, 1.82) is 0 Å². The lowest BCUT2D eigenvalue weighted by molar-refractivity contribution is 0.301. The summed E-state index contributed by atoms with van der Waals surface area (Å²) in [6.07, 6.45) is 3.86. The van der Waals surface area contributed by atoms with E-state index in [1.165, 1.54) is 0 Å². The van der Waals surface area contributed by atoms with Gasteiger partial charge in [-0.2, -0.15) is 0 Å². The predicted molar refractivity (Wildman–Crippen MR) is 74.2 cm³/mol. The van der Waals surface area contributed by atoms with Gasteiger partial charge in [0.25, 0.3) is 5.88 Å². The Balaban J connectivity index is 2.00. The minimum Gasteiger partial charge on any atom is -0.473 e. The number of nitrogens with zero attached hydrogens (tertiary/aromatic N) is 2. The molecule has 0 bridgehead atoms. The van der Waals surface area contributed by atoms with Crippen LogP contribution in [0.1, 0.15) is 12.5 Å². The van der Waals surface area contributed by atoms with Crippen molar-refractivity contribution in [3.05, 3.63) is 52.6 Å². The number of nitrogen functional groups attached to an aromatic ring is 1. The predicted octanol–water partition coefficient (Wildman–Crippen LogP) is 1.47. The van der Waals surface area contributed by atoms with E-state index in [4.69, 9.17) is 10.5 Å². The van der Waals surface area contributed by atoms with Crippen LogP contribution in [-0.2, 0) is 13.0 Å². The number of nitrogens with two attached hydrogens (primary N) is 1. The molecule has 0 fully saturated rings. The molecule has 1 aromatic carbocycles. The number of para-hydroxylation sites is 1. The van der Waals surface area contributed by atoms with Crippen molar-refractivity contribution in [3.63, 3.8) is 0 Å². The maximum Gasteiger partial charge on any atom is 0.313 e. The monoisotopic (exact) mass is 259 g/mol. The normalized spacial score (nSPS) is 10.4. The van der Waals surface area contributed by atoms with Gasteiger partial charge >= 0.3 is 5.56 Å². The first kappa shape index (κ1) is 13.1. The lowest BCUT2D eigenvalue weighted by Crippen LogP contribution is -2.22. The van der Waals surface area contributed by atoms with Crippen molar-refractivity contribution in [2.24, 2.45) is 0 Å². The Morgan fingerprint density at radius 1 is 1.37 bits per heavy atom. The second-order valence-electron chi connectivity index (χ2n) is 4.12. The minimum atomic E-state index is -0.203. The Morgan fingerprint density at radius 2 is 2.16 bits per heavy atom. The summed E-state index contributed by atoms with van der Waals surface area (Å²) in [6.45, 7) is 2.88. The molecule has 5 heteroatoms. The van der Waals surface area contributed by atoms with Crippen LogP contribution in [0.4, 0.5) is 5.69 Å². The topological polar surface area (TPSA) is 70.1 Å². The Hall–Kier alpha value is -2.30. The van der Waals surface area contributed by atoms with Crippen LogP contribution in [0.2, 0.25) is 0 Å². The number of anilines is 1. The Bertz CT molecular complexity index is 608. The smallest absolute Gasteiger partial charge is 0.313 e. The quantitative estimate of drug-likeness (QED) is 0.825. The van der Waals surface area contributed by atoms with Crippen molar-refractivity contribution < 1.29 is 4.74 Å². The fraction of sp³-hybridized carbons (Fsp3) is 0.286. The molecule has 0 aliphatic heterocycles. The molecule has 19 heavy (non-hydrogen) atoms. The average Bonchev–Trinajstić information content (AvgIpc) is 2.43. The SMILES string of the molecule is CCn1ccnc(OCCc2ccccc2N)c1=O. The maximum atomic E-state index is 11.9. The molecule has 0 unspecified atom stereocenters. The van der Waals surface area contributed by atoms with E-state index in [-0.39, 0.29) is 11.4 Å². The lowest BCUT2D eigenvalue weighted by Gasteiger charge is -2.08. The zero-order chi connectivity index (χ0) is 13.7. The number of benzene rings is 1. The van der Waals surface area contributed by atoms with Crippen LogP contribution in [0.15, 0.2) is 41.5 Å². The first-order valence-electron chi connectivity index (χ1n) is 6.24. The van der Waals surface area contributed by atoms with Crippen LogP contribution in [0, 0.1) is 0 Å². The van der Waals surface area contributed by atoms with E-state index >= 15 is 0 Å². The van der Waals surface area contributed by atoms with Crippen molar-refractivity contribution in [2.75, 3.05) is 12.3 Å². The summed E-state index contributed by atoms with van der Waals surface area (Å²) < 4.78 is 6.99. The average molecular weight is 259 g/mol. The molecule has 0 saturated heterocycles. The summed E-state index contributed by atoms with van der Waals surface area (Å²) >= 11 is 0. The molecule has 2 N–H and O–H groups in total. The summed E-state index contributed by atoms with van der Waals surface area (Å²) in [5.74, 6) is 0.138. The van der Waals surface area contributed by atoms with Crippen LogP contribution in [-0.4, -0.2) is 16.2 Å². The van der Waals surface area contributed by atoms with E-state index < -0.39 is 0 Å². The standard InChI is InChI=1S/C14H17N3O2/c1-2-17-9-8-16-13(14(17)18)19-10-7-11-5-3-4-6-12(11)15/h3-6,8-9H,2,7,10,15H2,1H3. The second-order valence-corrected chi connectivity index (χ2v) is 4.12. The van der Waals surface area contributed by atoms with Gasteiger partial charge < -0.3 is 15.0 Å². The van der Waals surface area contributed by atoms with E-state index in [2.05, 4.69) is 4.98 Å². The zero-order valence-corrected chi connectivity index (χ0v) is 10.9. The van der Waals surface area contributed by atoms with Gasteiger partial charge in [0.2, 0.25) is 0 Å². The van der Waals surface area contributed by atoms with Gasteiger partial charge in [-0.05, 0) is 18.6 Å². The Morgan fingerprint density at radius 3 is 2.89 bits per heavy atom. The van der Waals surface area contributed by atoms with E-state index in [1.807, 2.05) is 31.2 Å². The molecule has 0 atom stereocenters. The molecule has 2 aromatic rings. The van der Waals surface area contributed by atoms with Crippen LogP contribution in [0.25, 0.3) is 0 Å². The first-order chi connectivity index (χ1) is 9.22.